The highest BCUT2D eigenvalue weighted by atomic mass is 16.6. The van der Waals surface area contributed by atoms with Gasteiger partial charge in [-0.05, 0) is 32.9 Å². The summed E-state index contributed by atoms with van der Waals surface area (Å²) in [5.41, 5.74) is -0.529. The fourth-order valence-electron chi connectivity index (χ4n) is 1.29. The molecule has 0 unspecified atom stereocenters. The number of carbonyl (C=O) groups is 1. The van der Waals surface area contributed by atoms with Crippen LogP contribution < -0.4 is 10.6 Å². The van der Waals surface area contributed by atoms with Gasteiger partial charge < -0.3 is 14.8 Å². The third-order valence-corrected chi connectivity index (χ3v) is 1.99. The molecule has 0 atom stereocenters. The molecule has 1 heterocycles. The normalized spacial score (nSPS) is 10.9. The molecule has 0 aliphatic carbocycles. The Morgan fingerprint density at radius 3 is 2.63 bits per heavy atom. The second-order valence-electron chi connectivity index (χ2n) is 4.95. The monoisotopic (exact) mass is 267 g/mol. The van der Waals surface area contributed by atoms with Crippen molar-refractivity contribution in [2.45, 2.75) is 26.4 Å². The van der Waals surface area contributed by atoms with Gasteiger partial charge >= 0.3 is 6.09 Å². The van der Waals surface area contributed by atoms with E-state index in [4.69, 9.17) is 9.47 Å². The largest absolute Gasteiger partial charge is 0.444 e. The molecule has 1 aromatic rings. The summed E-state index contributed by atoms with van der Waals surface area (Å²) < 4.78 is 10.1. The number of rotatable bonds is 5. The fourth-order valence-corrected chi connectivity index (χ4v) is 1.29. The predicted octanol–water partition coefficient (Wildman–Crippen LogP) is 2.49. The van der Waals surface area contributed by atoms with E-state index in [2.05, 4.69) is 15.6 Å². The van der Waals surface area contributed by atoms with Crippen LogP contribution in [0.1, 0.15) is 20.8 Å². The highest BCUT2D eigenvalue weighted by Gasteiger charge is 2.16. The molecule has 0 aliphatic rings. The number of ether oxygens (including phenoxy) is 2. The summed E-state index contributed by atoms with van der Waals surface area (Å²) in [7, 11) is 1.63. The molecule has 6 nitrogen and oxygen atoms in total. The summed E-state index contributed by atoms with van der Waals surface area (Å²) in [6, 6.07) is 5.32. The number of amides is 1. The van der Waals surface area contributed by atoms with E-state index < -0.39 is 11.7 Å². The minimum absolute atomic E-state index is 0.441. The topological polar surface area (TPSA) is 72.5 Å². The summed E-state index contributed by atoms with van der Waals surface area (Å²) in [6.07, 6.45) is -0.519. The molecule has 0 aliphatic heterocycles. The lowest BCUT2D eigenvalue weighted by Crippen LogP contribution is -2.27. The minimum Gasteiger partial charge on any atom is -0.444 e. The fraction of sp³-hybridized carbons (Fsp3) is 0.538. The van der Waals surface area contributed by atoms with Gasteiger partial charge in [0.1, 0.15) is 17.2 Å². The molecule has 1 amide bonds. The molecule has 0 fully saturated rings. The number of anilines is 2. The maximum absolute atomic E-state index is 11.6. The number of nitrogens with one attached hydrogen (secondary N) is 2. The molecule has 2 N–H and O–H groups in total. The zero-order valence-electron chi connectivity index (χ0n) is 11.8. The van der Waals surface area contributed by atoms with Crippen LogP contribution in [0.5, 0.6) is 0 Å². The Kier molecular flexibility index (Phi) is 5.57. The van der Waals surface area contributed by atoms with Gasteiger partial charge in [-0.3, -0.25) is 5.32 Å². The molecule has 6 heteroatoms. The van der Waals surface area contributed by atoms with Crippen molar-refractivity contribution in [3.05, 3.63) is 18.2 Å². The van der Waals surface area contributed by atoms with E-state index >= 15 is 0 Å². The number of aromatic nitrogens is 1. The van der Waals surface area contributed by atoms with Crippen LogP contribution in [0.2, 0.25) is 0 Å². The van der Waals surface area contributed by atoms with Gasteiger partial charge in [0.2, 0.25) is 0 Å². The van der Waals surface area contributed by atoms with Crippen LogP contribution in [0.3, 0.4) is 0 Å². The lowest BCUT2D eigenvalue weighted by Gasteiger charge is -2.19. The van der Waals surface area contributed by atoms with Crippen LogP contribution >= 0.6 is 0 Å². The van der Waals surface area contributed by atoms with Crippen molar-refractivity contribution in [2.24, 2.45) is 0 Å². The summed E-state index contributed by atoms with van der Waals surface area (Å²) in [5, 5.41) is 5.66. The molecule has 0 bridgehead atoms. The first-order chi connectivity index (χ1) is 8.90. The first-order valence-electron chi connectivity index (χ1n) is 6.10. The van der Waals surface area contributed by atoms with E-state index in [1.54, 1.807) is 19.2 Å². The van der Waals surface area contributed by atoms with Crippen LogP contribution in [-0.2, 0) is 9.47 Å². The van der Waals surface area contributed by atoms with Crippen LogP contribution in [0.25, 0.3) is 0 Å². The van der Waals surface area contributed by atoms with E-state index in [9.17, 15) is 4.79 Å². The maximum Gasteiger partial charge on any atom is 0.413 e. The van der Waals surface area contributed by atoms with Crippen LogP contribution in [0, 0.1) is 0 Å². The Labute approximate surface area is 113 Å². The van der Waals surface area contributed by atoms with E-state index in [1.165, 1.54) is 0 Å². The highest BCUT2D eigenvalue weighted by molar-refractivity contribution is 5.83. The molecule has 19 heavy (non-hydrogen) atoms. The molecular formula is C13H21N3O3. The number of hydrogen-bond acceptors (Lipinski definition) is 5. The van der Waals surface area contributed by atoms with Crippen molar-refractivity contribution in [3.8, 4) is 0 Å². The first kappa shape index (κ1) is 15.2. The van der Waals surface area contributed by atoms with Crippen molar-refractivity contribution in [3.63, 3.8) is 0 Å². The highest BCUT2D eigenvalue weighted by Crippen LogP contribution is 2.12. The molecule has 1 aromatic heterocycles. The molecule has 0 spiro atoms. The van der Waals surface area contributed by atoms with E-state index in [-0.39, 0.29) is 0 Å². The lowest BCUT2D eigenvalue weighted by molar-refractivity contribution is 0.0635. The Morgan fingerprint density at radius 1 is 1.32 bits per heavy atom. The summed E-state index contributed by atoms with van der Waals surface area (Å²) in [6.45, 7) is 6.67. The third kappa shape index (κ3) is 6.61. The van der Waals surface area contributed by atoms with Crippen molar-refractivity contribution in [1.82, 2.24) is 4.98 Å². The van der Waals surface area contributed by atoms with E-state index in [0.29, 0.717) is 24.8 Å². The van der Waals surface area contributed by atoms with Crippen LogP contribution in [0.4, 0.5) is 16.4 Å². The smallest absolute Gasteiger partial charge is 0.413 e. The van der Waals surface area contributed by atoms with Crippen LogP contribution in [-0.4, -0.2) is 36.9 Å². The van der Waals surface area contributed by atoms with Gasteiger partial charge in [-0.25, -0.2) is 9.78 Å². The Morgan fingerprint density at radius 2 is 2.00 bits per heavy atom. The van der Waals surface area contributed by atoms with Crippen molar-refractivity contribution < 1.29 is 14.3 Å². The molecule has 0 saturated heterocycles. The molecule has 1 rings (SSSR count). The number of nitrogens with zero attached hydrogens (tertiary/aromatic N) is 1. The Balaban J connectivity index is 2.54. The Bertz CT molecular complexity index is 416. The van der Waals surface area contributed by atoms with Crippen molar-refractivity contribution in [2.75, 3.05) is 30.9 Å². The van der Waals surface area contributed by atoms with Crippen LogP contribution in [0.15, 0.2) is 18.2 Å². The molecular weight excluding hydrogens is 246 g/mol. The van der Waals surface area contributed by atoms with Gasteiger partial charge in [0.25, 0.3) is 0 Å². The van der Waals surface area contributed by atoms with Gasteiger partial charge in [0.15, 0.2) is 0 Å². The maximum atomic E-state index is 11.6. The number of hydrogen-bond donors (Lipinski definition) is 2. The average Bonchev–Trinajstić information content (AvgIpc) is 2.27. The van der Waals surface area contributed by atoms with Gasteiger partial charge in [-0.1, -0.05) is 6.07 Å². The predicted molar refractivity (Wildman–Crippen MR) is 74.5 cm³/mol. The minimum atomic E-state index is -0.529. The average molecular weight is 267 g/mol. The molecule has 0 radical (unpaired) electrons. The summed E-state index contributed by atoms with van der Waals surface area (Å²) in [4.78, 5) is 15.8. The van der Waals surface area contributed by atoms with E-state index in [0.717, 1.165) is 0 Å². The van der Waals surface area contributed by atoms with Crippen molar-refractivity contribution >= 4 is 17.7 Å². The second-order valence-corrected chi connectivity index (χ2v) is 4.95. The second kappa shape index (κ2) is 6.94. The molecule has 0 saturated carbocycles. The summed E-state index contributed by atoms with van der Waals surface area (Å²) >= 11 is 0. The van der Waals surface area contributed by atoms with Gasteiger partial charge in [-0.2, -0.15) is 0 Å². The molecule has 0 aromatic carbocycles. The standard InChI is InChI=1S/C13H21N3O3/c1-13(2,3)19-12(17)16-11-7-5-6-10(15-11)14-8-9-18-4/h5-7H,8-9H2,1-4H3,(H2,14,15,16,17). The Hall–Kier alpha value is -1.82. The van der Waals surface area contributed by atoms with E-state index in [1.807, 2.05) is 26.8 Å². The number of methoxy groups -OCH3 is 1. The van der Waals surface area contributed by atoms with Crippen molar-refractivity contribution in [1.29, 1.82) is 0 Å². The van der Waals surface area contributed by atoms with Gasteiger partial charge in [-0.15, -0.1) is 0 Å². The third-order valence-electron chi connectivity index (χ3n) is 1.99. The van der Waals surface area contributed by atoms with Gasteiger partial charge in [0, 0.05) is 13.7 Å². The molecule has 106 valence electrons. The first-order valence-corrected chi connectivity index (χ1v) is 6.10. The SMILES string of the molecule is COCCNc1cccc(NC(=O)OC(C)(C)C)n1. The number of pyridine rings is 1. The lowest BCUT2D eigenvalue weighted by atomic mass is 10.2. The summed E-state index contributed by atoms with van der Waals surface area (Å²) in [5.74, 6) is 1.11. The zero-order valence-corrected chi connectivity index (χ0v) is 11.8. The number of carbonyl (C=O) groups excluding carboxylic acids is 1. The zero-order chi connectivity index (χ0) is 14.3. The van der Waals surface area contributed by atoms with Gasteiger partial charge in [0.05, 0.1) is 6.61 Å². The quantitative estimate of drug-likeness (QED) is 0.802.